The summed E-state index contributed by atoms with van der Waals surface area (Å²) in [7, 11) is 0. The number of fused-ring (bicyclic) bond motifs is 1. The number of aryl methyl sites for hydroxylation is 2. The van der Waals surface area contributed by atoms with Crippen LogP contribution >= 0.6 is 0 Å². The lowest BCUT2D eigenvalue weighted by Gasteiger charge is -2.18. The van der Waals surface area contributed by atoms with E-state index >= 15 is 0 Å². The molecule has 1 atom stereocenters. The van der Waals surface area contributed by atoms with E-state index in [0.717, 1.165) is 24.0 Å². The predicted molar refractivity (Wildman–Crippen MR) is 119 cm³/mol. The minimum Gasteiger partial charge on any atom is -0.483 e. The van der Waals surface area contributed by atoms with E-state index in [1.807, 2.05) is 6.92 Å². The lowest BCUT2D eigenvalue weighted by molar-refractivity contribution is -0.143. The first kappa shape index (κ1) is 24.9. The third kappa shape index (κ3) is 6.83. The van der Waals surface area contributed by atoms with Crippen molar-refractivity contribution in [1.29, 1.82) is 0 Å². The van der Waals surface area contributed by atoms with Gasteiger partial charge in [0.2, 0.25) is 5.91 Å². The number of nitrogens with one attached hydrogen (secondary N) is 2. The van der Waals surface area contributed by atoms with Crippen LogP contribution in [-0.2, 0) is 20.8 Å². The van der Waals surface area contributed by atoms with E-state index in [1.165, 1.54) is 6.07 Å². The number of carbonyl (C=O) groups is 3. The number of rotatable bonds is 11. The molecule has 0 aliphatic heterocycles. The molecule has 9 heteroatoms. The van der Waals surface area contributed by atoms with Gasteiger partial charge in [-0.25, -0.2) is 9.59 Å². The molecule has 0 spiro atoms. The molecule has 0 bridgehead atoms. The first-order valence-electron chi connectivity index (χ1n) is 10.6. The molecule has 174 valence electrons. The van der Waals surface area contributed by atoms with Gasteiger partial charge in [0, 0.05) is 6.07 Å². The highest BCUT2D eigenvalue weighted by atomic mass is 16.5. The Bertz CT molecular complexity index is 1040. The van der Waals surface area contributed by atoms with Crippen LogP contribution in [0.25, 0.3) is 11.0 Å². The summed E-state index contributed by atoms with van der Waals surface area (Å²) >= 11 is 0. The number of amides is 2. The number of hydrogen-bond donors (Lipinski definition) is 3. The van der Waals surface area contributed by atoms with Crippen molar-refractivity contribution in [2.45, 2.75) is 53.0 Å². The predicted octanol–water partition coefficient (Wildman–Crippen LogP) is 2.16. The van der Waals surface area contributed by atoms with Crippen LogP contribution in [0.4, 0.5) is 0 Å². The van der Waals surface area contributed by atoms with E-state index in [2.05, 4.69) is 17.6 Å². The van der Waals surface area contributed by atoms with E-state index in [1.54, 1.807) is 26.0 Å². The third-order valence-corrected chi connectivity index (χ3v) is 4.89. The monoisotopic (exact) mass is 446 g/mol. The highest BCUT2D eigenvalue weighted by Crippen LogP contribution is 2.30. The third-order valence-electron chi connectivity index (χ3n) is 4.89. The van der Waals surface area contributed by atoms with Crippen LogP contribution < -0.4 is 21.0 Å². The van der Waals surface area contributed by atoms with Crippen molar-refractivity contribution in [2.24, 2.45) is 5.92 Å². The molecule has 2 aromatic rings. The van der Waals surface area contributed by atoms with Crippen LogP contribution in [0.15, 0.2) is 27.4 Å². The first-order valence-corrected chi connectivity index (χ1v) is 10.6. The normalized spacial score (nSPS) is 11.9. The SMILES string of the molecule is CCCCc1cc(=O)oc2cc(C)cc(OCC(=O)NCC(=O)N[C@@H](C(=O)O)C(C)C)c12. The van der Waals surface area contributed by atoms with Crippen LogP contribution in [0.5, 0.6) is 5.75 Å². The summed E-state index contributed by atoms with van der Waals surface area (Å²) in [6, 6.07) is 3.91. The minimum atomic E-state index is -1.14. The first-order chi connectivity index (χ1) is 15.1. The van der Waals surface area contributed by atoms with Gasteiger partial charge in [0.05, 0.1) is 11.9 Å². The van der Waals surface area contributed by atoms with Gasteiger partial charge < -0.3 is 24.9 Å². The molecule has 0 radical (unpaired) electrons. The van der Waals surface area contributed by atoms with Gasteiger partial charge in [-0.3, -0.25) is 9.59 Å². The number of carboxylic acids is 1. The Kier molecular flexibility index (Phi) is 8.80. The largest absolute Gasteiger partial charge is 0.483 e. The molecule has 2 rings (SSSR count). The smallest absolute Gasteiger partial charge is 0.336 e. The molecule has 9 nitrogen and oxygen atoms in total. The van der Waals surface area contributed by atoms with E-state index in [4.69, 9.17) is 14.3 Å². The Balaban J connectivity index is 2.07. The van der Waals surface area contributed by atoms with Crippen LogP contribution in [0.1, 0.15) is 44.7 Å². The van der Waals surface area contributed by atoms with Gasteiger partial charge >= 0.3 is 11.6 Å². The maximum atomic E-state index is 12.2. The average Bonchev–Trinajstić information content (AvgIpc) is 2.71. The molecule has 1 aromatic carbocycles. The highest BCUT2D eigenvalue weighted by Gasteiger charge is 2.23. The Hall–Kier alpha value is -3.36. The van der Waals surface area contributed by atoms with Crippen molar-refractivity contribution in [3.63, 3.8) is 0 Å². The summed E-state index contributed by atoms with van der Waals surface area (Å²) in [4.78, 5) is 47.3. The fourth-order valence-corrected chi connectivity index (χ4v) is 3.26. The quantitative estimate of drug-likeness (QED) is 0.450. The number of carbonyl (C=O) groups excluding carboxylic acids is 2. The molecular formula is C23H30N2O7. The van der Waals surface area contributed by atoms with E-state index in [-0.39, 0.29) is 19.1 Å². The number of benzene rings is 1. The zero-order valence-corrected chi connectivity index (χ0v) is 18.8. The molecule has 0 saturated heterocycles. The fourth-order valence-electron chi connectivity index (χ4n) is 3.26. The van der Waals surface area contributed by atoms with Crippen LogP contribution in [0.3, 0.4) is 0 Å². The van der Waals surface area contributed by atoms with Gasteiger partial charge in [-0.1, -0.05) is 27.2 Å². The molecule has 3 N–H and O–H groups in total. The number of carboxylic acid groups (broad SMARTS) is 1. The second-order valence-corrected chi connectivity index (χ2v) is 8.02. The zero-order valence-electron chi connectivity index (χ0n) is 18.8. The molecule has 1 aromatic heterocycles. The molecule has 0 aliphatic carbocycles. The zero-order chi connectivity index (χ0) is 23.8. The van der Waals surface area contributed by atoms with Gasteiger partial charge in [-0.05, 0) is 48.9 Å². The van der Waals surface area contributed by atoms with Gasteiger partial charge in [-0.2, -0.15) is 0 Å². The van der Waals surface area contributed by atoms with Crippen molar-refractivity contribution >= 4 is 28.8 Å². The summed E-state index contributed by atoms with van der Waals surface area (Å²) in [6.45, 7) is 6.50. The molecule has 32 heavy (non-hydrogen) atoms. The highest BCUT2D eigenvalue weighted by molar-refractivity contribution is 5.90. The Morgan fingerprint density at radius 3 is 2.50 bits per heavy atom. The Labute approximate surface area is 186 Å². The topological polar surface area (TPSA) is 135 Å². The van der Waals surface area contributed by atoms with Gasteiger partial charge in [-0.15, -0.1) is 0 Å². The summed E-state index contributed by atoms with van der Waals surface area (Å²) in [5.74, 6) is -2.17. The van der Waals surface area contributed by atoms with E-state index < -0.39 is 29.5 Å². The van der Waals surface area contributed by atoms with Crippen molar-refractivity contribution < 1.29 is 28.6 Å². The van der Waals surface area contributed by atoms with Crippen molar-refractivity contribution in [1.82, 2.24) is 10.6 Å². The lowest BCUT2D eigenvalue weighted by Crippen LogP contribution is -2.48. The number of unbranched alkanes of at least 4 members (excludes halogenated alkanes) is 1. The molecule has 0 unspecified atom stereocenters. The maximum Gasteiger partial charge on any atom is 0.336 e. The Morgan fingerprint density at radius 1 is 1.16 bits per heavy atom. The van der Waals surface area contributed by atoms with E-state index in [0.29, 0.717) is 23.1 Å². The number of ether oxygens (including phenoxy) is 1. The molecule has 0 fully saturated rings. The summed E-state index contributed by atoms with van der Waals surface area (Å²) in [5.41, 5.74) is 1.55. The summed E-state index contributed by atoms with van der Waals surface area (Å²) < 4.78 is 11.0. The van der Waals surface area contributed by atoms with E-state index in [9.17, 15) is 19.2 Å². The van der Waals surface area contributed by atoms with Gasteiger partial charge in [0.1, 0.15) is 17.4 Å². The molecule has 0 saturated carbocycles. The second kappa shape index (κ2) is 11.3. The molecule has 0 aliphatic rings. The maximum absolute atomic E-state index is 12.2. The lowest BCUT2D eigenvalue weighted by atomic mass is 10.0. The van der Waals surface area contributed by atoms with Crippen molar-refractivity contribution in [3.05, 3.63) is 39.7 Å². The van der Waals surface area contributed by atoms with Crippen LogP contribution in [0.2, 0.25) is 0 Å². The standard InChI is InChI=1S/C23H30N2O7/c1-5-6-7-15-10-20(28)32-17-9-14(4)8-16(21(15)17)31-12-19(27)24-11-18(26)25-22(13(2)3)23(29)30/h8-10,13,22H,5-7,11-12H2,1-4H3,(H,24,27)(H,25,26)(H,29,30)/t22-/m1/s1. The molecule has 2 amide bonds. The van der Waals surface area contributed by atoms with Crippen LogP contribution in [-0.4, -0.2) is 42.1 Å². The van der Waals surface area contributed by atoms with Gasteiger partial charge in [0.25, 0.3) is 5.91 Å². The summed E-state index contributed by atoms with van der Waals surface area (Å²) in [6.07, 6.45) is 2.51. The van der Waals surface area contributed by atoms with Gasteiger partial charge in [0.15, 0.2) is 6.61 Å². The number of aliphatic carboxylic acids is 1. The number of hydrogen-bond acceptors (Lipinski definition) is 6. The minimum absolute atomic E-state index is 0.299. The van der Waals surface area contributed by atoms with Crippen molar-refractivity contribution in [2.75, 3.05) is 13.2 Å². The summed E-state index contributed by atoms with van der Waals surface area (Å²) in [5, 5.41) is 14.6. The Morgan fingerprint density at radius 2 is 1.88 bits per heavy atom. The second-order valence-electron chi connectivity index (χ2n) is 8.02. The molecular weight excluding hydrogens is 416 g/mol. The molecule has 1 heterocycles. The fraction of sp³-hybridized carbons (Fsp3) is 0.478. The average molecular weight is 447 g/mol. The van der Waals surface area contributed by atoms with Crippen LogP contribution in [0, 0.1) is 12.8 Å². The van der Waals surface area contributed by atoms with Crippen molar-refractivity contribution in [3.8, 4) is 5.75 Å².